The molecule has 2 rings (SSSR count). The van der Waals surface area contributed by atoms with E-state index in [0.717, 1.165) is 0 Å². The monoisotopic (exact) mass is 293 g/mol. The highest BCUT2D eigenvalue weighted by Crippen LogP contribution is 2.50. The molecular formula is C13H16N3O3P. The van der Waals surface area contributed by atoms with Gasteiger partial charge in [0.25, 0.3) is 0 Å². The van der Waals surface area contributed by atoms with Gasteiger partial charge in [0, 0.05) is 17.1 Å². The number of nitrogens with one attached hydrogen (secondary N) is 1. The lowest BCUT2D eigenvalue weighted by molar-refractivity contribution is 0.361. The van der Waals surface area contributed by atoms with Gasteiger partial charge in [0.1, 0.15) is 0 Å². The van der Waals surface area contributed by atoms with Crippen LogP contribution in [0.2, 0.25) is 0 Å². The minimum absolute atomic E-state index is 0.0969. The van der Waals surface area contributed by atoms with Gasteiger partial charge in [-0.2, -0.15) is 0 Å². The van der Waals surface area contributed by atoms with Crippen molar-refractivity contribution >= 4 is 13.3 Å². The van der Waals surface area contributed by atoms with Crippen LogP contribution in [0.25, 0.3) is 0 Å². The molecule has 0 aliphatic carbocycles. The molecule has 0 amide bonds. The maximum atomic E-state index is 11.7. The van der Waals surface area contributed by atoms with Crippen LogP contribution in [0.4, 0.5) is 5.69 Å². The minimum Gasteiger partial charge on any atom is -0.365 e. The van der Waals surface area contributed by atoms with Crippen LogP contribution in [0, 0.1) is 13.8 Å². The highest BCUT2D eigenvalue weighted by atomic mass is 31.2. The molecule has 20 heavy (non-hydrogen) atoms. The Bertz CT molecular complexity index is 622. The molecule has 0 saturated heterocycles. The van der Waals surface area contributed by atoms with Crippen LogP contribution in [-0.2, 0) is 4.57 Å². The van der Waals surface area contributed by atoms with Crippen molar-refractivity contribution in [3.8, 4) is 0 Å². The van der Waals surface area contributed by atoms with Crippen LogP contribution >= 0.6 is 7.60 Å². The van der Waals surface area contributed by atoms with Crippen LogP contribution in [0.15, 0.2) is 36.4 Å². The van der Waals surface area contributed by atoms with E-state index in [9.17, 15) is 14.4 Å². The standard InChI is InChI=1S/C13H16N3O3P/c1-9-8-10(2)15-12(14-9)13(20(17,18)19)16-11-6-4-3-5-7-11/h3-8,13,16H,1-2H3,(H2,17,18,19). The molecule has 0 spiro atoms. The van der Waals surface area contributed by atoms with Crippen molar-refractivity contribution in [3.63, 3.8) is 0 Å². The summed E-state index contributed by atoms with van der Waals surface area (Å²) < 4.78 is 11.7. The molecule has 0 radical (unpaired) electrons. The largest absolute Gasteiger partial charge is 0.365 e. The van der Waals surface area contributed by atoms with E-state index in [1.54, 1.807) is 44.2 Å². The van der Waals surface area contributed by atoms with E-state index in [-0.39, 0.29) is 5.82 Å². The Morgan fingerprint density at radius 1 is 1.10 bits per heavy atom. The minimum atomic E-state index is -4.44. The average Bonchev–Trinajstić information content (AvgIpc) is 2.34. The Labute approximate surface area is 117 Å². The molecule has 0 aliphatic heterocycles. The summed E-state index contributed by atoms with van der Waals surface area (Å²) in [6.45, 7) is 3.52. The summed E-state index contributed by atoms with van der Waals surface area (Å²) in [4.78, 5) is 27.3. The number of aromatic nitrogens is 2. The average molecular weight is 293 g/mol. The van der Waals surface area contributed by atoms with E-state index in [1.807, 2.05) is 6.07 Å². The summed E-state index contributed by atoms with van der Waals surface area (Å²) >= 11 is 0. The summed E-state index contributed by atoms with van der Waals surface area (Å²) in [5.74, 6) is -1.16. The fraction of sp³-hybridized carbons (Fsp3) is 0.231. The summed E-state index contributed by atoms with van der Waals surface area (Å²) in [5.41, 5.74) is 1.94. The predicted octanol–water partition coefficient (Wildman–Crippen LogP) is 2.38. The van der Waals surface area contributed by atoms with Gasteiger partial charge >= 0.3 is 7.60 Å². The number of nitrogens with zero attached hydrogens (tertiary/aromatic N) is 2. The summed E-state index contributed by atoms with van der Waals surface area (Å²) in [6.07, 6.45) is 0. The molecule has 0 fully saturated rings. The van der Waals surface area contributed by atoms with Crippen LogP contribution in [0.3, 0.4) is 0 Å². The maximum absolute atomic E-state index is 11.7. The number of benzene rings is 1. The van der Waals surface area contributed by atoms with Crippen molar-refractivity contribution in [3.05, 3.63) is 53.6 Å². The van der Waals surface area contributed by atoms with Crippen LogP contribution in [-0.4, -0.2) is 19.8 Å². The number of hydrogen-bond acceptors (Lipinski definition) is 4. The van der Waals surface area contributed by atoms with Gasteiger partial charge in [-0.1, -0.05) is 18.2 Å². The Kier molecular flexibility index (Phi) is 4.18. The van der Waals surface area contributed by atoms with Gasteiger partial charge in [-0.05, 0) is 32.0 Å². The molecule has 7 heteroatoms. The number of rotatable bonds is 4. The van der Waals surface area contributed by atoms with Gasteiger partial charge in [-0.15, -0.1) is 0 Å². The van der Waals surface area contributed by atoms with Crippen LogP contribution in [0.1, 0.15) is 23.0 Å². The van der Waals surface area contributed by atoms with Gasteiger partial charge in [-0.25, -0.2) is 9.97 Å². The molecule has 2 aromatic rings. The second-order valence-corrected chi connectivity index (χ2v) is 6.21. The SMILES string of the molecule is Cc1cc(C)nc(C(Nc2ccccc2)P(=O)(O)O)n1. The van der Waals surface area contributed by atoms with Crippen molar-refractivity contribution in [2.45, 2.75) is 19.6 Å². The third kappa shape index (κ3) is 3.63. The molecule has 1 aromatic carbocycles. The van der Waals surface area contributed by atoms with E-state index >= 15 is 0 Å². The van der Waals surface area contributed by atoms with Gasteiger partial charge in [0.05, 0.1) is 0 Å². The van der Waals surface area contributed by atoms with Crippen molar-refractivity contribution in [1.29, 1.82) is 0 Å². The topological polar surface area (TPSA) is 95.3 Å². The lowest BCUT2D eigenvalue weighted by atomic mass is 10.3. The third-order valence-corrected chi connectivity index (χ3v) is 3.69. The fourth-order valence-electron chi connectivity index (χ4n) is 1.87. The van der Waals surface area contributed by atoms with Crippen molar-refractivity contribution in [1.82, 2.24) is 9.97 Å². The van der Waals surface area contributed by atoms with E-state index in [4.69, 9.17) is 0 Å². The molecule has 0 aliphatic rings. The number of para-hydroxylation sites is 1. The second kappa shape index (κ2) is 5.71. The number of anilines is 1. The molecule has 0 saturated carbocycles. The molecular weight excluding hydrogens is 277 g/mol. The van der Waals surface area contributed by atoms with Crippen molar-refractivity contribution in [2.75, 3.05) is 5.32 Å². The highest BCUT2D eigenvalue weighted by molar-refractivity contribution is 7.52. The van der Waals surface area contributed by atoms with Crippen molar-refractivity contribution < 1.29 is 14.4 Å². The van der Waals surface area contributed by atoms with E-state index in [1.165, 1.54) is 0 Å². The number of aryl methyl sites for hydroxylation is 2. The zero-order chi connectivity index (χ0) is 14.8. The van der Waals surface area contributed by atoms with Gasteiger partial charge in [0.15, 0.2) is 11.6 Å². The van der Waals surface area contributed by atoms with E-state index < -0.39 is 13.4 Å². The highest BCUT2D eigenvalue weighted by Gasteiger charge is 2.33. The second-order valence-electron chi connectivity index (χ2n) is 4.51. The van der Waals surface area contributed by atoms with Crippen LogP contribution in [0.5, 0.6) is 0 Å². The molecule has 6 nitrogen and oxygen atoms in total. The molecule has 1 atom stereocenters. The maximum Gasteiger partial charge on any atom is 0.355 e. The molecule has 1 heterocycles. The van der Waals surface area contributed by atoms with Gasteiger partial charge in [0.2, 0.25) is 0 Å². The summed E-state index contributed by atoms with van der Waals surface area (Å²) in [6, 6.07) is 10.6. The lowest BCUT2D eigenvalue weighted by Gasteiger charge is -2.20. The number of hydrogen-bond donors (Lipinski definition) is 3. The summed E-state index contributed by atoms with van der Waals surface area (Å²) in [5, 5.41) is 2.80. The van der Waals surface area contributed by atoms with Gasteiger partial charge in [-0.3, -0.25) is 4.57 Å². The third-order valence-electron chi connectivity index (χ3n) is 2.66. The Hall–Kier alpha value is -1.75. The molecule has 106 valence electrons. The first kappa shape index (κ1) is 14.7. The smallest absolute Gasteiger partial charge is 0.355 e. The first-order valence-electron chi connectivity index (χ1n) is 6.05. The first-order valence-corrected chi connectivity index (χ1v) is 7.73. The zero-order valence-corrected chi connectivity index (χ0v) is 12.1. The molecule has 0 bridgehead atoms. The predicted molar refractivity (Wildman–Crippen MR) is 76.4 cm³/mol. The Morgan fingerprint density at radius 2 is 1.65 bits per heavy atom. The van der Waals surface area contributed by atoms with Gasteiger partial charge < -0.3 is 15.1 Å². The molecule has 1 aromatic heterocycles. The Morgan fingerprint density at radius 3 is 2.15 bits per heavy atom. The summed E-state index contributed by atoms with van der Waals surface area (Å²) in [7, 11) is -4.44. The van der Waals surface area contributed by atoms with Crippen molar-refractivity contribution in [2.24, 2.45) is 0 Å². The lowest BCUT2D eigenvalue weighted by Crippen LogP contribution is -2.15. The molecule has 1 unspecified atom stereocenters. The van der Waals surface area contributed by atoms with E-state index in [0.29, 0.717) is 17.1 Å². The zero-order valence-electron chi connectivity index (χ0n) is 11.2. The normalized spacial score (nSPS) is 13.0. The first-order chi connectivity index (χ1) is 9.36. The quantitative estimate of drug-likeness (QED) is 0.749. The molecule has 3 N–H and O–H groups in total. The van der Waals surface area contributed by atoms with Crippen LogP contribution < -0.4 is 5.32 Å². The fourth-order valence-corrected chi connectivity index (χ4v) is 2.60. The van der Waals surface area contributed by atoms with E-state index in [2.05, 4.69) is 15.3 Å². The Balaban J connectivity index is 2.40.